The number of aryl methyl sites for hydroxylation is 1. The number of hydrogen-bond donors (Lipinski definition) is 2. The van der Waals surface area contributed by atoms with Crippen LogP contribution in [0.25, 0.3) is 11.0 Å². The van der Waals surface area contributed by atoms with Crippen molar-refractivity contribution in [3.05, 3.63) is 54.6 Å². The molecule has 4 heterocycles. The molecule has 1 aliphatic rings. The highest BCUT2D eigenvalue weighted by atomic mass is 16.5. The van der Waals surface area contributed by atoms with Gasteiger partial charge in [-0.1, -0.05) is 12.1 Å². The Morgan fingerprint density at radius 1 is 1.15 bits per heavy atom. The topological polar surface area (TPSA) is 115 Å². The summed E-state index contributed by atoms with van der Waals surface area (Å²) in [5.41, 5.74) is 3.85. The lowest BCUT2D eigenvalue weighted by Crippen LogP contribution is -2.36. The van der Waals surface area contributed by atoms with Gasteiger partial charge in [0, 0.05) is 51.2 Å². The third-order valence-corrected chi connectivity index (χ3v) is 5.73. The molecule has 0 radical (unpaired) electrons. The molecule has 0 unspecified atom stereocenters. The van der Waals surface area contributed by atoms with Gasteiger partial charge < -0.3 is 20.3 Å². The minimum absolute atomic E-state index is 0.0254. The Bertz CT molecular complexity index is 1280. The molecule has 0 saturated carbocycles. The highest BCUT2D eigenvalue weighted by Crippen LogP contribution is 2.20. The van der Waals surface area contributed by atoms with E-state index in [1.807, 2.05) is 10.9 Å². The number of benzene rings is 1. The third kappa shape index (κ3) is 4.99. The van der Waals surface area contributed by atoms with Crippen molar-refractivity contribution in [3.63, 3.8) is 0 Å². The zero-order valence-electron chi connectivity index (χ0n) is 19.0. The molecule has 0 spiro atoms. The fourth-order valence-corrected chi connectivity index (χ4v) is 3.91. The standard InChI is InChI=1S/C23H27N9O2/c1-24-21(33)5-6-31-16-19(14-26-31)28-23-25-12-18-13-27-32(22(18)29-23)15-17-3-2-4-20(11-17)30-7-9-34-10-8-30/h2-4,11-14,16H,5-10,15H2,1H3,(H,24,33)(H,25,28,29). The second-order valence-electron chi connectivity index (χ2n) is 8.08. The van der Waals surface area contributed by atoms with Gasteiger partial charge in [-0.2, -0.15) is 15.2 Å². The number of amides is 1. The molecule has 0 atom stereocenters. The SMILES string of the molecule is CNC(=O)CCn1cc(Nc2ncc3cnn(Cc4cccc(N5CCOCC5)c4)c3n2)cn1. The van der Waals surface area contributed by atoms with Crippen LogP contribution in [0.1, 0.15) is 12.0 Å². The van der Waals surface area contributed by atoms with Crippen molar-refractivity contribution in [1.82, 2.24) is 34.8 Å². The zero-order chi connectivity index (χ0) is 23.3. The quantitative estimate of drug-likeness (QED) is 0.408. The molecule has 1 aromatic carbocycles. The highest BCUT2D eigenvalue weighted by Gasteiger charge is 2.13. The van der Waals surface area contributed by atoms with Gasteiger partial charge >= 0.3 is 0 Å². The van der Waals surface area contributed by atoms with Crippen LogP contribution in [0.2, 0.25) is 0 Å². The lowest BCUT2D eigenvalue weighted by molar-refractivity contribution is -0.120. The van der Waals surface area contributed by atoms with Crippen LogP contribution in [0, 0.1) is 0 Å². The van der Waals surface area contributed by atoms with Gasteiger partial charge in [-0.05, 0) is 17.7 Å². The summed E-state index contributed by atoms with van der Waals surface area (Å²) >= 11 is 0. The van der Waals surface area contributed by atoms with E-state index in [9.17, 15) is 4.79 Å². The Hall–Kier alpha value is -3.99. The molecule has 11 heteroatoms. The minimum Gasteiger partial charge on any atom is -0.378 e. The predicted octanol–water partition coefficient (Wildman–Crippen LogP) is 1.79. The summed E-state index contributed by atoms with van der Waals surface area (Å²) in [6.45, 7) is 4.42. The molecule has 176 valence electrons. The van der Waals surface area contributed by atoms with Crippen LogP contribution in [-0.4, -0.2) is 68.8 Å². The van der Waals surface area contributed by atoms with Crippen molar-refractivity contribution < 1.29 is 9.53 Å². The van der Waals surface area contributed by atoms with E-state index in [0.717, 1.165) is 48.6 Å². The second kappa shape index (κ2) is 9.87. The number of nitrogens with one attached hydrogen (secondary N) is 2. The number of anilines is 3. The normalized spacial score (nSPS) is 13.9. The van der Waals surface area contributed by atoms with Gasteiger partial charge in [-0.15, -0.1) is 0 Å². The molecule has 34 heavy (non-hydrogen) atoms. The van der Waals surface area contributed by atoms with E-state index >= 15 is 0 Å². The van der Waals surface area contributed by atoms with Crippen LogP contribution in [0.5, 0.6) is 0 Å². The molecule has 3 aromatic heterocycles. The molecule has 1 saturated heterocycles. The van der Waals surface area contributed by atoms with Crippen LogP contribution < -0.4 is 15.5 Å². The van der Waals surface area contributed by atoms with Crippen LogP contribution in [-0.2, 0) is 22.6 Å². The van der Waals surface area contributed by atoms with E-state index in [2.05, 4.69) is 60.0 Å². The van der Waals surface area contributed by atoms with Gasteiger partial charge in [-0.25, -0.2) is 9.67 Å². The first kappa shape index (κ1) is 21.8. The summed E-state index contributed by atoms with van der Waals surface area (Å²) in [6, 6.07) is 8.52. The number of morpholine rings is 1. The van der Waals surface area contributed by atoms with Crippen molar-refractivity contribution >= 4 is 34.3 Å². The first-order valence-corrected chi connectivity index (χ1v) is 11.3. The van der Waals surface area contributed by atoms with Gasteiger partial charge in [0.05, 0.1) is 43.2 Å². The predicted molar refractivity (Wildman–Crippen MR) is 128 cm³/mol. The fourth-order valence-electron chi connectivity index (χ4n) is 3.91. The summed E-state index contributed by atoms with van der Waals surface area (Å²) in [5, 5.41) is 15.5. The Morgan fingerprint density at radius 2 is 2.03 bits per heavy atom. The van der Waals surface area contributed by atoms with Gasteiger partial charge in [0.1, 0.15) is 0 Å². The summed E-state index contributed by atoms with van der Waals surface area (Å²) in [4.78, 5) is 22.9. The summed E-state index contributed by atoms with van der Waals surface area (Å²) in [7, 11) is 1.62. The van der Waals surface area contributed by atoms with E-state index in [1.54, 1.807) is 30.3 Å². The van der Waals surface area contributed by atoms with Gasteiger partial charge in [0.2, 0.25) is 11.9 Å². The number of rotatable bonds is 8. The Morgan fingerprint density at radius 3 is 2.88 bits per heavy atom. The van der Waals surface area contributed by atoms with E-state index in [1.165, 1.54) is 5.69 Å². The van der Waals surface area contributed by atoms with Crippen LogP contribution in [0.4, 0.5) is 17.3 Å². The number of carbonyl (C=O) groups excluding carboxylic acids is 1. The van der Waals surface area contributed by atoms with Gasteiger partial charge in [0.25, 0.3) is 0 Å². The van der Waals surface area contributed by atoms with Crippen LogP contribution in [0.3, 0.4) is 0 Å². The maximum Gasteiger partial charge on any atom is 0.229 e. The fraction of sp³-hybridized carbons (Fsp3) is 0.348. The third-order valence-electron chi connectivity index (χ3n) is 5.73. The lowest BCUT2D eigenvalue weighted by atomic mass is 10.2. The van der Waals surface area contributed by atoms with Crippen molar-refractivity contribution in [1.29, 1.82) is 0 Å². The monoisotopic (exact) mass is 461 g/mol. The number of hydrogen-bond acceptors (Lipinski definition) is 8. The van der Waals surface area contributed by atoms with Crippen molar-refractivity contribution in [2.45, 2.75) is 19.5 Å². The van der Waals surface area contributed by atoms with E-state index in [4.69, 9.17) is 4.74 Å². The Balaban J connectivity index is 1.30. The molecule has 5 rings (SSSR count). The van der Waals surface area contributed by atoms with Gasteiger partial charge in [0.15, 0.2) is 5.65 Å². The largest absolute Gasteiger partial charge is 0.378 e. The molecular weight excluding hydrogens is 434 g/mol. The summed E-state index contributed by atoms with van der Waals surface area (Å²) in [5.74, 6) is 0.435. The smallest absolute Gasteiger partial charge is 0.229 e. The average Bonchev–Trinajstić information content (AvgIpc) is 3.50. The van der Waals surface area contributed by atoms with Crippen molar-refractivity contribution in [3.8, 4) is 0 Å². The Kier molecular flexibility index (Phi) is 6.34. The summed E-state index contributed by atoms with van der Waals surface area (Å²) in [6.07, 6.45) is 7.42. The molecule has 0 aliphatic carbocycles. The van der Waals surface area contributed by atoms with Crippen molar-refractivity contribution in [2.24, 2.45) is 0 Å². The van der Waals surface area contributed by atoms with Gasteiger partial charge in [-0.3, -0.25) is 9.48 Å². The molecule has 1 amide bonds. The number of nitrogens with zero attached hydrogens (tertiary/aromatic N) is 7. The van der Waals surface area contributed by atoms with E-state index < -0.39 is 0 Å². The van der Waals surface area contributed by atoms with Crippen LogP contribution >= 0.6 is 0 Å². The highest BCUT2D eigenvalue weighted by molar-refractivity contribution is 5.76. The molecule has 1 aliphatic heterocycles. The average molecular weight is 462 g/mol. The van der Waals surface area contributed by atoms with E-state index in [0.29, 0.717) is 25.5 Å². The van der Waals surface area contributed by atoms with E-state index in [-0.39, 0.29) is 5.91 Å². The number of carbonyl (C=O) groups is 1. The first-order valence-electron chi connectivity index (χ1n) is 11.3. The zero-order valence-corrected chi connectivity index (χ0v) is 19.0. The molecule has 4 aromatic rings. The minimum atomic E-state index is -0.0254. The maximum absolute atomic E-state index is 11.4. The second-order valence-corrected chi connectivity index (χ2v) is 8.08. The summed E-state index contributed by atoms with van der Waals surface area (Å²) < 4.78 is 9.06. The Labute approximate surface area is 196 Å². The molecule has 1 fully saturated rings. The van der Waals surface area contributed by atoms with Crippen molar-refractivity contribution in [2.75, 3.05) is 43.6 Å². The maximum atomic E-state index is 11.4. The number of aromatic nitrogens is 6. The molecule has 11 nitrogen and oxygen atoms in total. The van der Waals surface area contributed by atoms with Crippen LogP contribution in [0.15, 0.2) is 49.1 Å². The number of fused-ring (bicyclic) bond motifs is 1. The molecule has 0 bridgehead atoms. The first-order chi connectivity index (χ1) is 16.7. The molecular formula is C23H27N9O2. The lowest BCUT2D eigenvalue weighted by Gasteiger charge is -2.29. The number of ether oxygens (including phenoxy) is 1. The molecule has 2 N–H and O–H groups in total.